The molecule has 0 aliphatic carbocycles. The lowest BCUT2D eigenvalue weighted by molar-refractivity contribution is -0.137. The summed E-state index contributed by atoms with van der Waals surface area (Å²) in [6, 6.07) is 0. The van der Waals surface area contributed by atoms with Crippen LogP contribution in [0, 0.1) is 0 Å². The molecule has 0 aromatic rings. The van der Waals surface area contributed by atoms with Crippen molar-refractivity contribution in [3.05, 3.63) is 0 Å². The Bertz CT molecular complexity index is 877. The summed E-state index contributed by atoms with van der Waals surface area (Å²) < 4.78 is 5.57. The molecule has 0 saturated carbocycles. The highest BCUT2D eigenvalue weighted by Crippen LogP contribution is 2.20. The van der Waals surface area contributed by atoms with Gasteiger partial charge in [0.1, 0.15) is 11.0 Å². The van der Waals surface area contributed by atoms with Crippen LogP contribution < -0.4 is 11.1 Å². The van der Waals surface area contributed by atoms with Crippen LogP contribution in [-0.2, 0) is 28.7 Å². The molecule has 0 fully saturated rings. The average molecular weight is 813 g/mol. The molecular formula is C40H83N2O8P3. The van der Waals surface area contributed by atoms with E-state index in [1.165, 1.54) is 64.2 Å². The van der Waals surface area contributed by atoms with Crippen molar-refractivity contribution in [3.63, 3.8) is 0 Å². The van der Waals surface area contributed by atoms with Gasteiger partial charge in [-0.2, -0.15) is 0 Å². The Balaban J connectivity index is -0.000000404. The summed E-state index contributed by atoms with van der Waals surface area (Å²) in [7, 11) is 4.32. The quantitative estimate of drug-likeness (QED) is 0.0384. The van der Waals surface area contributed by atoms with Crippen LogP contribution in [0.15, 0.2) is 0 Å². The van der Waals surface area contributed by atoms with Gasteiger partial charge in [0.15, 0.2) is 0 Å². The van der Waals surface area contributed by atoms with E-state index in [1.54, 1.807) is 0 Å². The smallest absolute Gasteiger partial charge is 0.303 e. The number of carbonyl (C=O) groups excluding carboxylic acids is 4. The number of nitrogens with two attached hydrogens (primary N) is 1. The summed E-state index contributed by atoms with van der Waals surface area (Å²) in [5.74, 6) is -0.843. The second-order valence-electron chi connectivity index (χ2n) is 14.5. The topological polar surface area (TPSA) is 173 Å². The zero-order chi connectivity index (χ0) is 41.2. The minimum Gasteiger partial charge on any atom is -0.481 e. The van der Waals surface area contributed by atoms with E-state index >= 15 is 0 Å². The molecule has 0 rings (SSSR count). The van der Waals surface area contributed by atoms with Gasteiger partial charge in [-0.1, -0.05) is 124 Å². The van der Waals surface area contributed by atoms with Gasteiger partial charge in [-0.25, -0.2) is 0 Å². The summed E-state index contributed by atoms with van der Waals surface area (Å²) in [4.78, 5) is 53.5. The zero-order valence-electron chi connectivity index (χ0n) is 34.8. The number of hydrogen-bond acceptors (Lipinski definition) is 7. The van der Waals surface area contributed by atoms with Crippen molar-refractivity contribution in [2.45, 2.75) is 194 Å². The summed E-state index contributed by atoms with van der Waals surface area (Å²) in [6.07, 6.45) is 25.1. The Labute approximate surface area is 331 Å². The van der Waals surface area contributed by atoms with Crippen LogP contribution in [0.5, 0.6) is 0 Å². The van der Waals surface area contributed by atoms with E-state index in [4.69, 9.17) is 20.7 Å². The number of hydrogen-bond donors (Lipinski definition) is 4. The van der Waals surface area contributed by atoms with Gasteiger partial charge >= 0.3 is 5.97 Å². The van der Waals surface area contributed by atoms with Gasteiger partial charge < -0.3 is 26.0 Å². The highest BCUT2D eigenvalue weighted by molar-refractivity contribution is 7.55. The molecule has 0 aliphatic rings. The van der Waals surface area contributed by atoms with Gasteiger partial charge in [-0.15, -0.1) is 0 Å². The number of ether oxygens (including phenoxy) is 1. The van der Waals surface area contributed by atoms with Gasteiger partial charge in [-0.05, 0) is 72.1 Å². The number of amides is 2. The van der Waals surface area contributed by atoms with E-state index in [-0.39, 0.29) is 36.4 Å². The Morgan fingerprint density at radius 3 is 1.40 bits per heavy atom. The number of primary amides is 1. The molecule has 2 atom stereocenters. The molecule has 0 radical (unpaired) electrons. The van der Waals surface area contributed by atoms with Gasteiger partial charge in [0.2, 0.25) is 11.8 Å². The lowest BCUT2D eigenvalue weighted by atomic mass is 10.0. The molecule has 2 amide bonds. The van der Waals surface area contributed by atoms with Crippen LogP contribution in [0.3, 0.4) is 0 Å². The molecule has 5 N–H and O–H groups in total. The number of aliphatic hydroxyl groups is 1. The molecule has 10 nitrogen and oxygen atoms in total. The zero-order valence-corrected chi connectivity index (χ0v) is 38.0. The first-order valence-electron chi connectivity index (χ1n) is 20.3. The molecule has 316 valence electrons. The van der Waals surface area contributed by atoms with Crippen LogP contribution in [0.4, 0.5) is 0 Å². The van der Waals surface area contributed by atoms with Crippen LogP contribution in [0.25, 0.3) is 0 Å². The monoisotopic (exact) mass is 813 g/mol. The fraction of sp³-hybridized carbons (Fsp3) is 0.875. The first-order valence-corrected chi connectivity index (χ1v) is 23.8. The molecule has 0 bridgehead atoms. The Morgan fingerprint density at radius 2 is 1.06 bits per heavy atom. The fourth-order valence-corrected chi connectivity index (χ4v) is 5.00. The van der Waals surface area contributed by atoms with E-state index in [0.29, 0.717) is 38.6 Å². The van der Waals surface area contributed by atoms with Crippen molar-refractivity contribution in [2.75, 3.05) is 32.8 Å². The third-order valence-corrected chi connectivity index (χ3v) is 9.09. The number of carboxylic acid groups (broad SMARTS) is 1. The van der Waals surface area contributed by atoms with Gasteiger partial charge in [0.25, 0.3) is 0 Å². The first kappa shape index (κ1) is 58.7. The Morgan fingerprint density at radius 1 is 0.642 bits per heavy atom. The fourth-order valence-electron chi connectivity index (χ4n) is 4.65. The summed E-state index contributed by atoms with van der Waals surface area (Å²) in [6.45, 7) is 13.7. The molecular weight excluding hydrogens is 729 g/mol. The third-order valence-electron chi connectivity index (χ3n) is 7.95. The second-order valence-corrected chi connectivity index (χ2v) is 18.2. The van der Waals surface area contributed by atoms with Crippen molar-refractivity contribution in [3.8, 4) is 0 Å². The predicted octanol–water partition coefficient (Wildman–Crippen LogP) is 9.71. The van der Waals surface area contributed by atoms with Crippen molar-refractivity contribution >= 4 is 55.2 Å². The minimum atomic E-state index is -0.680. The molecule has 53 heavy (non-hydrogen) atoms. The number of carboxylic acids is 1. The highest BCUT2D eigenvalue weighted by Gasteiger charge is 2.18. The van der Waals surface area contributed by atoms with E-state index in [0.717, 1.165) is 77.2 Å². The maximum absolute atomic E-state index is 11.7. The highest BCUT2D eigenvalue weighted by atomic mass is 31.1. The van der Waals surface area contributed by atoms with Gasteiger partial charge in [0.05, 0.1) is 11.9 Å². The second kappa shape index (κ2) is 45.4. The normalized spacial score (nSPS) is 10.6. The largest absolute Gasteiger partial charge is 0.481 e. The first-order chi connectivity index (χ1) is 25.0. The molecule has 0 heterocycles. The van der Waals surface area contributed by atoms with E-state index in [9.17, 15) is 24.0 Å². The Kier molecular flexibility index (Phi) is 50.2. The molecule has 0 aliphatic heterocycles. The standard InChI is InChI=1S/C23H44N2O4.C9H19O2P.C5H11OP.C3H9OP/c24-21(26)17-15-16-20-25-22(27)18-13-11-9-7-5-3-1-2-4-6-8-10-12-14-19-23(28)29;1-4-7-11-9(2,3)6-5-8(10)12;1-2-3-4-5(6)7;1-5(2)3-4/h1-20H2,(H2,24,26)(H,25,27)(H,28,29);4-7,12H2,1-3H3;2-4,7H2,1H3;4H,3H2,1-2H3. The van der Waals surface area contributed by atoms with Crippen LogP contribution >= 0.6 is 26.4 Å². The lowest BCUT2D eigenvalue weighted by Gasteiger charge is -2.24. The number of rotatable bonds is 32. The predicted molar refractivity (Wildman–Crippen MR) is 232 cm³/mol. The minimum absolute atomic E-state index is 0.0427. The summed E-state index contributed by atoms with van der Waals surface area (Å²) in [5, 5.41) is 19.6. The molecule has 0 spiro atoms. The number of carbonyl (C=O) groups is 5. The van der Waals surface area contributed by atoms with Crippen LogP contribution in [0.1, 0.15) is 188 Å². The molecule has 13 heteroatoms. The number of aliphatic carboxylic acids is 1. The number of aliphatic hydroxyl groups excluding tert-OH is 1. The summed E-state index contributed by atoms with van der Waals surface area (Å²) in [5.41, 5.74) is 5.30. The molecule has 2 unspecified atom stereocenters. The Hall–Kier alpha value is -1.04. The maximum atomic E-state index is 11.7. The lowest BCUT2D eigenvalue weighted by Crippen LogP contribution is -2.25. The van der Waals surface area contributed by atoms with Crippen molar-refractivity contribution in [1.29, 1.82) is 0 Å². The SMILES string of the molecule is CCCCC(=O)P.CCCOC(C)(C)CCC(=O)P.CP(C)CO.NC(=O)CCCCNC(=O)CCCCCCCCCCCCCCCCC(=O)O. The van der Waals surface area contributed by atoms with E-state index in [2.05, 4.69) is 37.6 Å². The average Bonchev–Trinajstić information content (AvgIpc) is 3.09. The molecule has 0 aromatic carbocycles. The maximum Gasteiger partial charge on any atom is 0.303 e. The van der Waals surface area contributed by atoms with Crippen molar-refractivity contribution in [1.82, 2.24) is 5.32 Å². The molecule has 0 aromatic heterocycles. The van der Waals surface area contributed by atoms with Gasteiger partial charge in [-0.3, -0.25) is 24.0 Å². The number of nitrogens with one attached hydrogen (secondary N) is 1. The van der Waals surface area contributed by atoms with Crippen molar-refractivity contribution in [2.24, 2.45) is 5.73 Å². The summed E-state index contributed by atoms with van der Waals surface area (Å²) >= 11 is 0. The van der Waals surface area contributed by atoms with Crippen molar-refractivity contribution < 1.29 is 38.9 Å². The number of unbranched alkanes of at least 4 members (excludes halogenated alkanes) is 15. The van der Waals surface area contributed by atoms with E-state index < -0.39 is 5.97 Å². The van der Waals surface area contributed by atoms with E-state index in [1.807, 2.05) is 27.2 Å². The molecule has 0 saturated heterocycles. The van der Waals surface area contributed by atoms with Gasteiger partial charge in [0, 0.05) is 45.3 Å². The third kappa shape index (κ3) is 66.2. The van der Waals surface area contributed by atoms with Crippen LogP contribution in [0.2, 0.25) is 0 Å². The van der Waals surface area contributed by atoms with Crippen LogP contribution in [-0.4, -0.2) is 77.5 Å².